The largest absolute Gasteiger partial charge is 0.438 e. The topological polar surface area (TPSA) is 48.1 Å². The maximum Gasteiger partial charge on any atom is 0.225 e. The number of aromatic nitrogens is 1. The third-order valence-electron chi connectivity index (χ3n) is 6.44. The zero-order valence-corrected chi connectivity index (χ0v) is 18.1. The van der Waals surface area contributed by atoms with E-state index in [9.17, 15) is 0 Å². The van der Waals surface area contributed by atoms with Gasteiger partial charge in [-0.15, -0.1) is 0 Å². The number of aryl methyl sites for hydroxylation is 1. The van der Waals surface area contributed by atoms with Gasteiger partial charge in [0.05, 0.1) is 0 Å². The van der Waals surface area contributed by atoms with Crippen LogP contribution < -0.4 is 10.5 Å². The van der Waals surface area contributed by atoms with Crippen LogP contribution in [0.4, 0.5) is 5.69 Å². The summed E-state index contributed by atoms with van der Waals surface area (Å²) in [5, 5.41) is 2.40. The number of fused-ring (bicyclic) bond motifs is 5. The molecule has 3 aromatic carbocycles. The predicted octanol–water partition coefficient (Wildman–Crippen LogP) is 6.74. The van der Waals surface area contributed by atoms with E-state index in [1.54, 1.807) is 0 Å². The van der Waals surface area contributed by atoms with Crippen LogP contribution in [0.25, 0.3) is 10.8 Å². The molecule has 3 nitrogen and oxygen atoms in total. The molecule has 30 heavy (non-hydrogen) atoms. The van der Waals surface area contributed by atoms with Gasteiger partial charge < -0.3 is 10.5 Å². The number of nitrogens with two attached hydrogens (primary N) is 1. The Hall–Kier alpha value is -2.85. The maximum absolute atomic E-state index is 6.85. The number of anilines is 1. The van der Waals surface area contributed by atoms with Crippen LogP contribution in [-0.4, -0.2) is 4.98 Å². The molecule has 0 spiro atoms. The molecule has 1 aromatic heterocycles. The van der Waals surface area contributed by atoms with Crippen LogP contribution in [0.2, 0.25) is 0 Å². The lowest BCUT2D eigenvalue weighted by molar-refractivity contribution is 0.431. The molecule has 0 fully saturated rings. The van der Waals surface area contributed by atoms with E-state index in [1.165, 1.54) is 33.9 Å². The van der Waals surface area contributed by atoms with Gasteiger partial charge in [0.25, 0.3) is 0 Å². The summed E-state index contributed by atoms with van der Waals surface area (Å²) in [4.78, 5) is 4.98. The summed E-state index contributed by atoms with van der Waals surface area (Å²) in [6, 6.07) is 21.2. The summed E-state index contributed by atoms with van der Waals surface area (Å²) in [5.74, 6) is 1.53. The standard InChI is InChI=1S/C26H21BrN2O/c27-17-12-9-16(10-13-17)22-23-18-6-2-1-5-15(18)11-14-21(23)30-26-24(22)25(28)19-7-3-4-8-20(19)29-26/h1-2,5-6,9-14,22H,3-4,7-8H2,(H2,28,29). The van der Waals surface area contributed by atoms with Gasteiger partial charge in [0.2, 0.25) is 5.88 Å². The van der Waals surface area contributed by atoms with Crippen LogP contribution in [0.5, 0.6) is 11.6 Å². The molecule has 148 valence electrons. The Morgan fingerprint density at radius 3 is 2.57 bits per heavy atom. The van der Waals surface area contributed by atoms with Gasteiger partial charge in [-0.2, -0.15) is 0 Å². The van der Waals surface area contributed by atoms with Gasteiger partial charge >= 0.3 is 0 Å². The average molecular weight is 457 g/mol. The molecule has 1 aliphatic heterocycles. The van der Waals surface area contributed by atoms with Gasteiger partial charge in [-0.05, 0) is 65.8 Å². The van der Waals surface area contributed by atoms with E-state index in [4.69, 9.17) is 15.5 Å². The molecule has 1 aliphatic carbocycles. The number of hydrogen-bond acceptors (Lipinski definition) is 3. The van der Waals surface area contributed by atoms with E-state index in [0.717, 1.165) is 46.4 Å². The number of benzene rings is 3. The first kappa shape index (κ1) is 18.0. The van der Waals surface area contributed by atoms with Crippen molar-refractivity contribution in [3.63, 3.8) is 0 Å². The smallest absolute Gasteiger partial charge is 0.225 e. The van der Waals surface area contributed by atoms with Crippen LogP contribution in [0.15, 0.2) is 65.1 Å². The van der Waals surface area contributed by atoms with E-state index in [2.05, 4.69) is 76.6 Å². The minimum Gasteiger partial charge on any atom is -0.438 e. The number of pyridine rings is 1. The maximum atomic E-state index is 6.85. The summed E-state index contributed by atoms with van der Waals surface area (Å²) >= 11 is 3.57. The lowest BCUT2D eigenvalue weighted by Gasteiger charge is -2.32. The van der Waals surface area contributed by atoms with Crippen molar-refractivity contribution < 1.29 is 4.74 Å². The third-order valence-corrected chi connectivity index (χ3v) is 6.97. The fourth-order valence-electron chi connectivity index (χ4n) is 5.02. The predicted molar refractivity (Wildman–Crippen MR) is 124 cm³/mol. The van der Waals surface area contributed by atoms with Crippen LogP contribution in [0.3, 0.4) is 0 Å². The van der Waals surface area contributed by atoms with Crippen molar-refractivity contribution in [3.05, 3.63) is 93.1 Å². The molecule has 2 N–H and O–H groups in total. The Morgan fingerprint density at radius 1 is 0.900 bits per heavy atom. The second-order valence-corrected chi connectivity index (χ2v) is 9.08. The first-order valence-electron chi connectivity index (χ1n) is 10.5. The number of rotatable bonds is 1. The van der Waals surface area contributed by atoms with E-state index >= 15 is 0 Å². The fourth-order valence-corrected chi connectivity index (χ4v) is 5.28. The Balaban J connectivity index is 1.69. The van der Waals surface area contributed by atoms with Crippen molar-refractivity contribution in [1.29, 1.82) is 0 Å². The van der Waals surface area contributed by atoms with Crippen molar-refractivity contribution in [2.45, 2.75) is 31.6 Å². The van der Waals surface area contributed by atoms with Crippen molar-refractivity contribution >= 4 is 32.4 Å². The molecule has 2 aliphatic rings. The van der Waals surface area contributed by atoms with Crippen LogP contribution in [0.1, 0.15) is 46.7 Å². The zero-order chi connectivity index (χ0) is 20.2. The van der Waals surface area contributed by atoms with Crippen LogP contribution in [-0.2, 0) is 12.8 Å². The Bertz CT molecular complexity index is 1300. The minimum atomic E-state index is -0.0114. The van der Waals surface area contributed by atoms with Gasteiger partial charge in [-0.1, -0.05) is 58.4 Å². The number of nitrogen functional groups attached to an aromatic ring is 1. The number of ether oxygens (including phenoxy) is 1. The van der Waals surface area contributed by atoms with E-state index < -0.39 is 0 Å². The summed E-state index contributed by atoms with van der Waals surface area (Å²) < 4.78 is 7.47. The van der Waals surface area contributed by atoms with Gasteiger partial charge in [0, 0.05) is 32.9 Å². The number of nitrogens with zero attached hydrogens (tertiary/aromatic N) is 1. The molecular weight excluding hydrogens is 436 g/mol. The number of hydrogen-bond donors (Lipinski definition) is 1. The molecule has 1 unspecified atom stereocenters. The van der Waals surface area contributed by atoms with Crippen molar-refractivity contribution in [1.82, 2.24) is 4.98 Å². The molecule has 6 rings (SSSR count). The van der Waals surface area contributed by atoms with Crippen LogP contribution >= 0.6 is 15.9 Å². The van der Waals surface area contributed by atoms with E-state index in [0.29, 0.717) is 5.88 Å². The highest BCUT2D eigenvalue weighted by molar-refractivity contribution is 9.10. The highest BCUT2D eigenvalue weighted by Gasteiger charge is 2.35. The highest BCUT2D eigenvalue weighted by atomic mass is 79.9. The molecule has 0 amide bonds. The van der Waals surface area contributed by atoms with Gasteiger partial charge in [-0.3, -0.25) is 0 Å². The molecule has 0 radical (unpaired) electrons. The molecule has 1 atom stereocenters. The molecule has 4 aromatic rings. The minimum absolute atomic E-state index is 0.0114. The second kappa shape index (κ2) is 6.85. The number of halogens is 1. The molecule has 0 bridgehead atoms. The lowest BCUT2D eigenvalue weighted by Crippen LogP contribution is -2.19. The SMILES string of the molecule is Nc1c2c(nc3c1C(c1ccc(Br)cc1)c1c(ccc4ccccc14)O3)CCCC2. The quantitative estimate of drug-likeness (QED) is 0.303. The van der Waals surface area contributed by atoms with Crippen molar-refractivity contribution in [3.8, 4) is 11.6 Å². The first-order valence-corrected chi connectivity index (χ1v) is 11.3. The van der Waals surface area contributed by atoms with E-state index in [1.807, 2.05) is 0 Å². The first-order chi connectivity index (χ1) is 14.7. The van der Waals surface area contributed by atoms with E-state index in [-0.39, 0.29) is 5.92 Å². The molecule has 2 heterocycles. The normalized spacial score (nSPS) is 17.0. The van der Waals surface area contributed by atoms with Crippen LogP contribution in [0, 0.1) is 0 Å². The summed E-state index contributed by atoms with van der Waals surface area (Å²) in [5.41, 5.74) is 13.4. The average Bonchev–Trinajstić information content (AvgIpc) is 2.78. The lowest BCUT2D eigenvalue weighted by atomic mass is 9.79. The molecular formula is C26H21BrN2O. The Kier molecular flexibility index (Phi) is 4.10. The van der Waals surface area contributed by atoms with Crippen molar-refractivity contribution in [2.24, 2.45) is 0 Å². The van der Waals surface area contributed by atoms with Gasteiger partial charge in [-0.25, -0.2) is 4.98 Å². The Labute approximate surface area is 184 Å². The molecule has 0 saturated carbocycles. The summed E-state index contributed by atoms with van der Waals surface area (Å²) in [6.07, 6.45) is 4.30. The van der Waals surface area contributed by atoms with Crippen molar-refractivity contribution in [2.75, 3.05) is 5.73 Å². The van der Waals surface area contributed by atoms with Gasteiger partial charge in [0.15, 0.2) is 0 Å². The zero-order valence-electron chi connectivity index (χ0n) is 16.5. The third kappa shape index (κ3) is 2.67. The summed E-state index contributed by atoms with van der Waals surface area (Å²) in [7, 11) is 0. The molecule has 4 heteroatoms. The summed E-state index contributed by atoms with van der Waals surface area (Å²) in [6.45, 7) is 0. The fraction of sp³-hybridized carbons (Fsp3) is 0.192. The Morgan fingerprint density at radius 2 is 1.70 bits per heavy atom. The van der Waals surface area contributed by atoms with Gasteiger partial charge in [0.1, 0.15) is 5.75 Å². The second-order valence-electron chi connectivity index (χ2n) is 8.16. The molecule has 0 saturated heterocycles. The monoisotopic (exact) mass is 456 g/mol. The highest BCUT2D eigenvalue weighted by Crippen LogP contribution is 2.52.